The number of para-hydroxylation sites is 1. The van der Waals surface area contributed by atoms with Crippen LogP contribution >= 0.6 is 0 Å². The van der Waals surface area contributed by atoms with Crippen LogP contribution in [0.2, 0.25) is 0 Å². The first-order valence-electron chi connectivity index (χ1n) is 8.41. The molecule has 0 bridgehead atoms. The zero-order chi connectivity index (χ0) is 20.3. The summed E-state index contributed by atoms with van der Waals surface area (Å²) >= 11 is 0. The number of phenols is 1. The Morgan fingerprint density at radius 2 is 1.96 bits per heavy atom. The summed E-state index contributed by atoms with van der Waals surface area (Å²) in [5, 5.41) is 14.4. The van der Waals surface area contributed by atoms with Gasteiger partial charge < -0.3 is 20.1 Å². The standard InChI is InChI=1S/C18H24N4O5/c1-5-10(9-27-4)20-13-14(17(25)16(13)24)22(19)12-8-6-7-11(15(12)23)18(26)21(2)3/h6-8,10,20,23H,5,9,19H2,1-4H3/t10-/m1/s1. The lowest BCUT2D eigenvalue weighted by molar-refractivity contribution is 0.0824. The molecule has 0 radical (unpaired) electrons. The molecule has 2 rings (SSSR count). The molecule has 146 valence electrons. The SMILES string of the molecule is CC[C@H](COC)Nc1c(N(N)c2cccc(C(=O)N(C)C)c2O)c(=O)c1=O. The van der Waals surface area contributed by atoms with Crippen LogP contribution in [0, 0.1) is 0 Å². The molecule has 2 aromatic rings. The smallest absolute Gasteiger partial charge is 0.257 e. The van der Waals surface area contributed by atoms with Gasteiger partial charge in [0.25, 0.3) is 16.8 Å². The van der Waals surface area contributed by atoms with Gasteiger partial charge in [-0.1, -0.05) is 13.0 Å². The predicted octanol–water partition coefficient (Wildman–Crippen LogP) is 0.539. The fourth-order valence-corrected chi connectivity index (χ4v) is 2.67. The Hall–Kier alpha value is -2.91. The highest BCUT2D eigenvalue weighted by Gasteiger charge is 2.29. The van der Waals surface area contributed by atoms with E-state index in [1.807, 2.05) is 6.92 Å². The number of aromatic hydroxyl groups is 1. The monoisotopic (exact) mass is 376 g/mol. The molecule has 9 heteroatoms. The van der Waals surface area contributed by atoms with E-state index in [2.05, 4.69) is 5.32 Å². The van der Waals surface area contributed by atoms with Crippen molar-refractivity contribution in [1.82, 2.24) is 4.90 Å². The maximum absolute atomic E-state index is 12.2. The highest BCUT2D eigenvalue weighted by Crippen LogP contribution is 2.35. The van der Waals surface area contributed by atoms with Crippen molar-refractivity contribution >= 4 is 23.0 Å². The number of nitrogens with one attached hydrogen (secondary N) is 1. The normalized spacial score (nSPS) is 12.0. The molecule has 0 heterocycles. The number of amides is 1. The zero-order valence-corrected chi connectivity index (χ0v) is 15.8. The molecule has 1 atom stereocenters. The topological polar surface area (TPSA) is 125 Å². The average Bonchev–Trinajstić information content (AvgIpc) is 2.65. The van der Waals surface area contributed by atoms with Crippen molar-refractivity contribution in [3.8, 4) is 5.75 Å². The third kappa shape index (κ3) is 3.79. The number of nitrogens with zero attached hydrogens (tertiary/aromatic N) is 2. The molecular formula is C18H24N4O5. The van der Waals surface area contributed by atoms with E-state index in [1.165, 1.54) is 30.2 Å². The minimum atomic E-state index is -0.768. The predicted molar refractivity (Wildman–Crippen MR) is 103 cm³/mol. The first-order valence-corrected chi connectivity index (χ1v) is 8.41. The number of nitrogens with two attached hydrogens (primary N) is 1. The molecule has 0 fully saturated rings. The number of benzene rings is 1. The minimum Gasteiger partial charge on any atom is -0.505 e. The molecule has 0 spiro atoms. The van der Waals surface area contributed by atoms with E-state index in [0.29, 0.717) is 13.0 Å². The molecule has 2 aromatic carbocycles. The molecule has 1 amide bonds. The first kappa shape index (κ1) is 20.4. The van der Waals surface area contributed by atoms with Gasteiger partial charge in [-0.2, -0.15) is 0 Å². The van der Waals surface area contributed by atoms with E-state index in [0.717, 1.165) is 5.01 Å². The molecule has 0 saturated carbocycles. The number of methoxy groups -OCH3 is 1. The quantitative estimate of drug-likeness (QED) is 0.346. The van der Waals surface area contributed by atoms with Crippen LogP contribution in [-0.2, 0) is 4.74 Å². The van der Waals surface area contributed by atoms with E-state index >= 15 is 0 Å². The van der Waals surface area contributed by atoms with Crippen LogP contribution in [0.5, 0.6) is 5.75 Å². The van der Waals surface area contributed by atoms with Crippen molar-refractivity contribution < 1.29 is 14.6 Å². The van der Waals surface area contributed by atoms with Gasteiger partial charge in [-0.25, -0.2) is 5.84 Å². The van der Waals surface area contributed by atoms with Crippen molar-refractivity contribution in [3.05, 3.63) is 44.2 Å². The summed E-state index contributed by atoms with van der Waals surface area (Å²) in [6.07, 6.45) is 0.661. The van der Waals surface area contributed by atoms with Crippen LogP contribution in [0.25, 0.3) is 0 Å². The molecule has 0 saturated heterocycles. The molecule has 9 nitrogen and oxygen atoms in total. The second-order valence-corrected chi connectivity index (χ2v) is 6.33. The lowest BCUT2D eigenvalue weighted by Gasteiger charge is -2.26. The number of phenolic OH excluding ortho intramolecular Hbond substituents is 1. The average molecular weight is 376 g/mol. The lowest BCUT2D eigenvalue weighted by atomic mass is 10.1. The van der Waals surface area contributed by atoms with Gasteiger partial charge in [-0.15, -0.1) is 0 Å². The van der Waals surface area contributed by atoms with Crippen LogP contribution in [-0.4, -0.2) is 49.8 Å². The number of hydrazine groups is 1. The van der Waals surface area contributed by atoms with E-state index in [9.17, 15) is 19.5 Å². The summed E-state index contributed by atoms with van der Waals surface area (Å²) in [4.78, 5) is 37.6. The fourth-order valence-electron chi connectivity index (χ4n) is 2.67. The largest absolute Gasteiger partial charge is 0.505 e. The van der Waals surface area contributed by atoms with Gasteiger partial charge in [0.2, 0.25) is 0 Å². The maximum atomic E-state index is 12.2. The molecule has 4 N–H and O–H groups in total. The van der Waals surface area contributed by atoms with E-state index < -0.39 is 16.8 Å². The van der Waals surface area contributed by atoms with Crippen molar-refractivity contribution in [2.75, 3.05) is 38.1 Å². The van der Waals surface area contributed by atoms with Crippen LogP contribution < -0.4 is 27.0 Å². The number of hydrogen-bond acceptors (Lipinski definition) is 8. The summed E-state index contributed by atoms with van der Waals surface area (Å²) < 4.78 is 5.08. The van der Waals surface area contributed by atoms with Crippen molar-refractivity contribution in [2.24, 2.45) is 5.84 Å². The molecular weight excluding hydrogens is 352 g/mol. The summed E-state index contributed by atoms with van der Waals surface area (Å²) in [6.45, 7) is 2.25. The third-order valence-electron chi connectivity index (χ3n) is 4.25. The van der Waals surface area contributed by atoms with Crippen LogP contribution in [0.15, 0.2) is 27.8 Å². The van der Waals surface area contributed by atoms with Gasteiger partial charge in [0.15, 0.2) is 5.75 Å². The van der Waals surface area contributed by atoms with Crippen molar-refractivity contribution in [3.63, 3.8) is 0 Å². The molecule has 0 aliphatic heterocycles. The maximum Gasteiger partial charge on any atom is 0.257 e. The number of carbonyl (C=O) groups excluding carboxylic acids is 1. The molecule has 0 aliphatic rings. The summed E-state index contributed by atoms with van der Waals surface area (Å²) in [7, 11) is 4.63. The second-order valence-electron chi connectivity index (χ2n) is 6.33. The van der Waals surface area contributed by atoms with Gasteiger partial charge in [0.05, 0.1) is 12.2 Å². The summed E-state index contributed by atoms with van der Waals surface area (Å²) in [5.41, 5.74) is -1.38. The Bertz CT molecular complexity index is 902. The summed E-state index contributed by atoms with van der Waals surface area (Å²) in [6, 6.07) is 4.25. The zero-order valence-electron chi connectivity index (χ0n) is 15.8. The highest BCUT2D eigenvalue weighted by molar-refractivity contribution is 5.99. The van der Waals surface area contributed by atoms with Gasteiger partial charge >= 0.3 is 0 Å². The molecule has 0 unspecified atom stereocenters. The highest BCUT2D eigenvalue weighted by atomic mass is 16.5. The lowest BCUT2D eigenvalue weighted by Crippen LogP contribution is -2.45. The number of carbonyl (C=O) groups is 1. The fraction of sp³-hybridized carbons (Fsp3) is 0.389. The molecule has 27 heavy (non-hydrogen) atoms. The van der Waals surface area contributed by atoms with E-state index in [-0.39, 0.29) is 34.4 Å². The van der Waals surface area contributed by atoms with Crippen molar-refractivity contribution in [1.29, 1.82) is 0 Å². The Balaban J connectivity index is 2.43. The first-order chi connectivity index (χ1) is 12.7. The van der Waals surface area contributed by atoms with Gasteiger partial charge in [0, 0.05) is 27.2 Å². The second kappa shape index (κ2) is 8.19. The molecule has 0 aromatic heterocycles. The van der Waals surface area contributed by atoms with Crippen LogP contribution in [0.3, 0.4) is 0 Å². The molecule has 0 aliphatic carbocycles. The Kier molecular flexibility index (Phi) is 6.19. The van der Waals surface area contributed by atoms with E-state index in [4.69, 9.17) is 10.6 Å². The summed E-state index contributed by atoms with van der Waals surface area (Å²) in [5.74, 6) is 5.23. The van der Waals surface area contributed by atoms with Crippen LogP contribution in [0.1, 0.15) is 23.7 Å². The number of anilines is 3. The van der Waals surface area contributed by atoms with Gasteiger partial charge in [-0.3, -0.25) is 19.4 Å². The number of ether oxygens (including phenoxy) is 1. The third-order valence-corrected chi connectivity index (χ3v) is 4.25. The number of rotatable bonds is 8. The van der Waals surface area contributed by atoms with Gasteiger partial charge in [0.1, 0.15) is 17.1 Å². The minimum absolute atomic E-state index is 0.0342. The Morgan fingerprint density at radius 1 is 1.30 bits per heavy atom. The van der Waals surface area contributed by atoms with Crippen molar-refractivity contribution in [2.45, 2.75) is 19.4 Å². The van der Waals surface area contributed by atoms with Gasteiger partial charge in [-0.05, 0) is 18.6 Å². The van der Waals surface area contributed by atoms with Crippen LogP contribution in [0.4, 0.5) is 17.1 Å². The Labute approximate surface area is 156 Å². The Morgan fingerprint density at radius 3 is 2.52 bits per heavy atom. The number of hydrogen-bond donors (Lipinski definition) is 3. The van der Waals surface area contributed by atoms with E-state index in [1.54, 1.807) is 14.1 Å².